The number of hydrogen-bond donors (Lipinski definition) is 2. The summed E-state index contributed by atoms with van der Waals surface area (Å²) in [5, 5.41) is 9.21. The second kappa shape index (κ2) is 8.69. The number of primary amides is 1. The van der Waals surface area contributed by atoms with E-state index in [2.05, 4.69) is 9.88 Å². The number of halogens is 1. The summed E-state index contributed by atoms with van der Waals surface area (Å²) in [6, 6.07) is 12.0. The van der Waals surface area contributed by atoms with Crippen molar-refractivity contribution in [2.75, 3.05) is 31.1 Å². The van der Waals surface area contributed by atoms with Gasteiger partial charge in [-0.1, -0.05) is 6.07 Å². The van der Waals surface area contributed by atoms with E-state index in [4.69, 9.17) is 5.73 Å². The number of rotatable bonds is 6. The van der Waals surface area contributed by atoms with Gasteiger partial charge in [0.15, 0.2) is 0 Å². The molecule has 7 nitrogen and oxygen atoms in total. The van der Waals surface area contributed by atoms with Crippen LogP contribution in [0.3, 0.4) is 0 Å². The maximum Gasteiger partial charge on any atom is 0.407 e. The quantitative estimate of drug-likeness (QED) is 0.795. The van der Waals surface area contributed by atoms with E-state index in [1.54, 1.807) is 12.1 Å². The summed E-state index contributed by atoms with van der Waals surface area (Å²) in [4.78, 5) is 30.2. The van der Waals surface area contributed by atoms with Crippen LogP contribution in [0, 0.1) is 11.7 Å². The maximum atomic E-state index is 13.1. The fourth-order valence-electron chi connectivity index (χ4n) is 3.44. The van der Waals surface area contributed by atoms with Crippen LogP contribution in [0.4, 0.5) is 15.0 Å². The van der Waals surface area contributed by atoms with Gasteiger partial charge in [0, 0.05) is 25.2 Å². The van der Waals surface area contributed by atoms with Crippen molar-refractivity contribution in [3.05, 3.63) is 48.3 Å². The minimum absolute atomic E-state index is 0.173. The Labute approximate surface area is 162 Å². The van der Waals surface area contributed by atoms with Crippen molar-refractivity contribution in [2.24, 2.45) is 11.7 Å². The van der Waals surface area contributed by atoms with Crippen LogP contribution in [0.1, 0.15) is 12.8 Å². The van der Waals surface area contributed by atoms with Crippen molar-refractivity contribution in [3.63, 3.8) is 0 Å². The van der Waals surface area contributed by atoms with E-state index >= 15 is 0 Å². The lowest BCUT2D eigenvalue weighted by Gasteiger charge is -2.34. The van der Waals surface area contributed by atoms with Gasteiger partial charge < -0.3 is 15.7 Å². The molecule has 148 valence electrons. The molecule has 28 heavy (non-hydrogen) atoms. The molecule has 0 unspecified atom stereocenters. The van der Waals surface area contributed by atoms with Crippen LogP contribution in [0.25, 0.3) is 11.3 Å². The average molecular weight is 386 g/mol. The van der Waals surface area contributed by atoms with Crippen LogP contribution in [-0.2, 0) is 4.79 Å². The van der Waals surface area contributed by atoms with Gasteiger partial charge in [0.25, 0.3) is 0 Å². The molecule has 1 aliphatic heterocycles. The van der Waals surface area contributed by atoms with Crippen LogP contribution >= 0.6 is 0 Å². The highest BCUT2D eigenvalue weighted by molar-refractivity contribution is 5.80. The molecule has 0 saturated carbocycles. The van der Waals surface area contributed by atoms with E-state index in [1.807, 2.05) is 18.2 Å². The minimum atomic E-state index is -1.13. The standard InChI is InChI=1S/C20H23FN4O3/c21-16-6-4-15(5-7-16)17-2-1-3-19(23-17)24-10-8-14(9-11-24)12-25(20(27)28)13-18(22)26/h1-7,14H,8-13H2,(H2,22,26)(H,27,28). The zero-order chi connectivity index (χ0) is 20.1. The van der Waals surface area contributed by atoms with Crippen molar-refractivity contribution in [1.82, 2.24) is 9.88 Å². The third kappa shape index (κ3) is 4.97. The number of carboxylic acid groups (broad SMARTS) is 1. The number of hydrogen-bond acceptors (Lipinski definition) is 4. The van der Waals surface area contributed by atoms with Crippen molar-refractivity contribution in [3.8, 4) is 11.3 Å². The Hall–Kier alpha value is -3.16. The molecule has 0 aliphatic carbocycles. The highest BCUT2D eigenvalue weighted by Gasteiger charge is 2.25. The molecule has 0 bridgehead atoms. The van der Waals surface area contributed by atoms with Gasteiger partial charge in [-0.2, -0.15) is 0 Å². The summed E-state index contributed by atoms with van der Waals surface area (Å²) < 4.78 is 13.1. The zero-order valence-corrected chi connectivity index (χ0v) is 15.4. The Kier molecular flexibility index (Phi) is 6.08. The van der Waals surface area contributed by atoms with Gasteiger partial charge in [0.05, 0.1) is 5.69 Å². The third-order valence-corrected chi connectivity index (χ3v) is 4.91. The lowest BCUT2D eigenvalue weighted by atomic mass is 9.96. The number of benzene rings is 1. The number of aromatic nitrogens is 1. The molecule has 1 aromatic heterocycles. The van der Waals surface area contributed by atoms with E-state index in [0.717, 1.165) is 47.9 Å². The van der Waals surface area contributed by atoms with Crippen LogP contribution in [0.5, 0.6) is 0 Å². The first-order chi connectivity index (χ1) is 13.4. The third-order valence-electron chi connectivity index (χ3n) is 4.91. The van der Waals surface area contributed by atoms with Gasteiger partial charge in [-0.15, -0.1) is 0 Å². The molecule has 2 heterocycles. The average Bonchev–Trinajstić information content (AvgIpc) is 2.68. The molecular formula is C20H23FN4O3. The Morgan fingerprint density at radius 1 is 1.18 bits per heavy atom. The predicted molar refractivity (Wildman–Crippen MR) is 103 cm³/mol. The van der Waals surface area contributed by atoms with Gasteiger partial charge in [-0.25, -0.2) is 14.2 Å². The van der Waals surface area contributed by atoms with Crippen molar-refractivity contribution >= 4 is 17.8 Å². The van der Waals surface area contributed by atoms with E-state index < -0.39 is 12.0 Å². The highest BCUT2D eigenvalue weighted by Crippen LogP contribution is 2.25. The van der Waals surface area contributed by atoms with Gasteiger partial charge in [-0.05, 0) is 55.2 Å². The monoisotopic (exact) mass is 386 g/mol. The van der Waals surface area contributed by atoms with Gasteiger partial charge in [0.1, 0.15) is 18.2 Å². The second-order valence-corrected chi connectivity index (χ2v) is 6.95. The molecule has 1 aliphatic rings. The molecule has 1 fully saturated rings. The van der Waals surface area contributed by atoms with Crippen molar-refractivity contribution < 1.29 is 19.1 Å². The molecule has 2 amide bonds. The van der Waals surface area contributed by atoms with E-state index in [9.17, 15) is 19.1 Å². The molecule has 0 spiro atoms. The fourth-order valence-corrected chi connectivity index (χ4v) is 3.44. The number of carbonyl (C=O) groups excluding carboxylic acids is 1. The molecule has 1 saturated heterocycles. The Morgan fingerprint density at radius 3 is 2.46 bits per heavy atom. The van der Waals surface area contributed by atoms with Gasteiger partial charge >= 0.3 is 6.09 Å². The normalized spacial score (nSPS) is 14.7. The molecule has 3 rings (SSSR count). The summed E-state index contributed by atoms with van der Waals surface area (Å²) in [6.07, 6.45) is 0.464. The lowest BCUT2D eigenvalue weighted by Crippen LogP contribution is -2.43. The predicted octanol–water partition coefficient (Wildman–Crippen LogP) is 2.57. The Balaban J connectivity index is 1.62. The van der Waals surface area contributed by atoms with Crippen LogP contribution in [-0.4, -0.2) is 53.2 Å². The number of piperidine rings is 1. The topological polar surface area (TPSA) is 99.8 Å². The first-order valence-electron chi connectivity index (χ1n) is 9.16. The largest absolute Gasteiger partial charge is 0.465 e. The van der Waals surface area contributed by atoms with Crippen LogP contribution in [0.15, 0.2) is 42.5 Å². The first kappa shape index (κ1) is 19.6. The number of nitrogens with zero attached hydrogens (tertiary/aromatic N) is 3. The summed E-state index contributed by atoms with van der Waals surface area (Å²) in [5.74, 6) is 0.0786. The van der Waals surface area contributed by atoms with Crippen LogP contribution in [0.2, 0.25) is 0 Å². The highest BCUT2D eigenvalue weighted by atomic mass is 19.1. The number of amides is 2. The lowest BCUT2D eigenvalue weighted by molar-refractivity contribution is -0.119. The van der Waals surface area contributed by atoms with Gasteiger partial charge in [0.2, 0.25) is 5.91 Å². The molecule has 0 atom stereocenters. The molecule has 2 aromatic rings. The molecule has 1 aromatic carbocycles. The van der Waals surface area contributed by atoms with E-state index in [1.165, 1.54) is 12.1 Å². The maximum absolute atomic E-state index is 13.1. The molecule has 3 N–H and O–H groups in total. The summed E-state index contributed by atoms with van der Waals surface area (Å²) in [5.41, 5.74) is 6.75. The van der Waals surface area contributed by atoms with E-state index in [0.29, 0.717) is 6.54 Å². The SMILES string of the molecule is NC(=O)CN(CC1CCN(c2cccc(-c3ccc(F)cc3)n2)CC1)C(=O)O. The molecule has 0 radical (unpaired) electrons. The van der Waals surface area contributed by atoms with E-state index in [-0.39, 0.29) is 18.3 Å². The zero-order valence-electron chi connectivity index (χ0n) is 15.4. The summed E-state index contributed by atoms with van der Waals surface area (Å²) in [6.45, 7) is 1.51. The number of anilines is 1. The molecular weight excluding hydrogens is 363 g/mol. The summed E-state index contributed by atoms with van der Waals surface area (Å²) in [7, 11) is 0. The fraction of sp³-hybridized carbons (Fsp3) is 0.350. The minimum Gasteiger partial charge on any atom is -0.465 e. The number of pyridine rings is 1. The Morgan fingerprint density at radius 2 is 1.86 bits per heavy atom. The van der Waals surface area contributed by atoms with Crippen LogP contribution < -0.4 is 10.6 Å². The Bertz CT molecular complexity index is 836. The molecule has 8 heteroatoms. The van der Waals surface area contributed by atoms with Gasteiger partial charge in [-0.3, -0.25) is 9.69 Å². The number of nitrogens with two attached hydrogens (primary N) is 1. The smallest absolute Gasteiger partial charge is 0.407 e. The summed E-state index contributed by atoms with van der Waals surface area (Å²) >= 11 is 0. The second-order valence-electron chi connectivity index (χ2n) is 6.95. The van der Waals surface area contributed by atoms with Crippen molar-refractivity contribution in [1.29, 1.82) is 0 Å². The van der Waals surface area contributed by atoms with Crippen molar-refractivity contribution in [2.45, 2.75) is 12.8 Å². The number of carbonyl (C=O) groups is 2. The first-order valence-corrected chi connectivity index (χ1v) is 9.16.